The lowest BCUT2D eigenvalue weighted by Gasteiger charge is -2.53. The number of para-hydroxylation sites is 1. The summed E-state index contributed by atoms with van der Waals surface area (Å²) in [5, 5.41) is 0. The van der Waals surface area contributed by atoms with Crippen LogP contribution in [0.4, 0.5) is 5.69 Å². The van der Waals surface area contributed by atoms with Crippen LogP contribution in [-0.4, -0.2) is 37.5 Å². The quantitative estimate of drug-likeness (QED) is 0.793. The minimum absolute atomic E-state index is 0.758. The van der Waals surface area contributed by atoms with Gasteiger partial charge in [-0.15, -0.1) is 0 Å². The summed E-state index contributed by atoms with van der Waals surface area (Å²) in [7, 11) is -1.52. The van der Waals surface area contributed by atoms with Gasteiger partial charge in [0, 0.05) is 4.47 Å². The smallest absolute Gasteiger partial charge is 0.0699 e. The molecule has 0 radical (unpaired) electrons. The maximum Gasteiger partial charge on any atom is 0.0699 e. The third-order valence-electron chi connectivity index (χ3n) is 2.04. The lowest BCUT2D eigenvalue weighted by atomic mass is 10.3. The van der Waals surface area contributed by atoms with Gasteiger partial charge in [0.2, 0.25) is 0 Å². The van der Waals surface area contributed by atoms with Crippen molar-refractivity contribution in [3.8, 4) is 0 Å². The van der Waals surface area contributed by atoms with Crippen LogP contribution < -0.4 is 3.71 Å². The summed E-state index contributed by atoms with van der Waals surface area (Å²) in [5.74, 6) is 0. The maximum absolute atomic E-state index is 3.67. The molecule has 0 N–H and O–H groups in total. The van der Waals surface area contributed by atoms with E-state index in [1.165, 1.54) is 10.2 Å². The molecule has 0 atom stereocenters. The highest BCUT2D eigenvalue weighted by atomic mass is 79.9. The third-order valence-corrected chi connectivity index (χ3v) is 7.78. The van der Waals surface area contributed by atoms with Crippen molar-refractivity contribution in [3.63, 3.8) is 0 Å². The molecule has 1 aromatic rings. The molecule has 0 aromatic heterocycles. The minimum atomic E-state index is -0.758. The molecule has 1 aromatic carbocycles. The molecule has 0 aliphatic rings. The summed E-state index contributed by atoms with van der Waals surface area (Å²) >= 11 is 3.67. The second kappa shape index (κ2) is 4.83. The molecule has 0 aliphatic carbocycles. The maximum atomic E-state index is 3.67. The molecule has 4 heteroatoms. The average molecular weight is 324 g/mol. The van der Waals surface area contributed by atoms with Crippen molar-refractivity contribution >= 4 is 42.0 Å². The van der Waals surface area contributed by atoms with E-state index in [2.05, 4.69) is 81.4 Å². The van der Waals surface area contributed by atoms with Crippen molar-refractivity contribution in [2.75, 3.05) is 41.2 Å². The van der Waals surface area contributed by atoms with Crippen LogP contribution in [0.5, 0.6) is 0 Å². The van der Waals surface area contributed by atoms with E-state index < -0.39 is 20.4 Å². The van der Waals surface area contributed by atoms with Gasteiger partial charge in [-0.05, 0) is 65.6 Å². The minimum Gasteiger partial charge on any atom is -0.297 e. The van der Waals surface area contributed by atoms with Crippen molar-refractivity contribution in [3.05, 3.63) is 28.7 Å². The SMILES string of the molecule is CS(C)(C)N(c1ccccc1Br)S(C)(C)C. The van der Waals surface area contributed by atoms with E-state index in [0.717, 1.165) is 0 Å². The second-order valence-electron chi connectivity index (χ2n) is 5.25. The van der Waals surface area contributed by atoms with Crippen molar-refractivity contribution in [2.24, 2.45) is 0 Å². The molecule has 0 heterocycles. The second-order valence-corrected chi connectivity index (χ2v) is 14.2. The van der Waals surface area contributed by atoms with Gasteiger partial charge in [0.15, 0.2) is 0 Å². The number of hydrogen-bond acceptors (Lipinski definition) is 1. The zero-order valence-corrected chi connectivity index (χ0v) is 14.2. The highest BCUT2D eigenvalue weighted by Crippen LogP contribution is 2.60. The van der Waals surface area contributed by atoms with Gasteiger partial charge in [0.1, 0.15) is 0 Å². The van der Waals surface area contributed by atoms with Crippen molar-refractivity contribution < 1.29 is 0 Å². The van der Waals surface area contributed by atoms with Crippen LogP contribution in [0, 0.1) is 0 Å². The van der Waals surface area contributed by atoms with E-state index in [-0.39, 0.29) is 0 Å². The first-order valence-corrected chi connectivity index (χ1v) is 11.5. The monoisotopic (exact) mass is 323 g/mol. The number of rotatable bonds is 3. The van der Waals surface area contributed by atoms with Gasteiger partial charge in [-0.2, -0.15) is 20.4 Å². The predicted molar refractivity (Wildman–Crippen MR) is 87.3 cm³/mol. The van der Waals surface area contributed by atoms with Gasteiger partial charge in [-0.3, -0.25) is 3.71 Å². The Morgan fingerprint density at radius 1 is 0.875 bits per heavy atom. The Kier molecular flexibility index (Phi) is 4.30. The summed E-state index contributed by atoms with van der Waals surface area (Å²) < 4.78 is 3.81. The molecule has 16 heavy (non-hydrogen) atoms. The Morgan fingerprint density at radius 3 is 1.69 bits per heavy atom. The van der Waals surface area contributed by atoms with Crippen LogP contribution >= 0.6 is 36.4 Å². The van der Waals surface area contributed by atoms with Crippen LogP contribution in [0.25, 0.3) is 0 Å². The van der Waals surface area contributed by atoms with Gasteiger partial charge in [0.05, 0.1) is 5.69 Å². The molecule has 0 aliphatic heterocycles. The van der Waals surface area contributed by atoms with Crippen molar-refractivity contribution in [1.29, 1.82) is 0 Å². The van der Waals surface area contributed by atoms with E-state index in [4.69, 9.17) is 0 Å². The molecule has 0 fully saturated rings. The fourth-order valence-electron chi connectivity index (χ4n) is 1.86. The molecule has 1 nitrogen and oxygen atoms in total. The normalized spacial score (nSPS) is 14.7. The van der Waals surface area contributed by atoms with Gasteiger partial charge in [-0.1, -0.05) is 12.1 Å². The first kappa shape index (κ1) is 14.3. The molecular weight excluding hydrogens is 302 g/mol. The predicted octanol–water partition coefficient (Wildman–Crippen LogP) is 4.47. The fraction of sp³-hybridized carbons (Fsp3) is 0.500. The summed E-state index contributed by atoms with van der Waals surface area (Å²) in [6.45, 7) is 0. The molecule has 0 saturated heterocycles. The number of halogens is 1. The topological polar surface area (TPSA) is 3.24 Å². The lowest BCUT2D eigenvalue weighted by Crippen LogP contribution is -2.28. The third kappa shape index (κ3) is 3.34. The number of nitrogens with zero attached hydrogens (tertiary/aromatic N) is 1. The summed E-state index contributed by atoms with van der Waals surface area (Å²) in [6.07, 6.45) is 14.1. The molecule has 0 bridgehead atoms. The largest absolute Gasteiger partial charge is 0.297 e. The molecule has 94 valence electrons. The van der Waals surface area contributed by atoms with Gasteiger partial charge in [-0.25, -0.2) is 0 Å². The Morgan fingerprint density at radius 2 is 1.31 bits per heavy atom. The Balaban J connectivity index is 3.29. The number of benzene rings is 1. The van der Waals surface area contributed by atoms with Crippen LogP contribution in [0.3, 0.4) is 0 Å². The standard InChI is InChI=1S/C12H22BrNS2/c1-15(2,3)14(16(4,5)6)12-10-8-7-9-11(12)13/h7-10H,1-6H3. The van der Waals surface area contributed by atoms with E-state index in [1.807, 2.05) is 0 Å². The van der Waals surface area contributed by atoms with E-state index in [1.54, 1.807) is 0 Å². The summed E-state index contributed by atoms with van der Waals surface area (Å²) in [6, 6.07) is 8.52. The number of anilines is 1. The van der Waals surface area contributed by atoms with Gasteiger partial charge < -0.3 is 0 Å². The highest BCUT2D eigenvalue weighted by molar-refractivity contribution is 9.10. The molecule has 0 amide bonds. The molecular formula is C12H22BrNS2. The zero-order valence-electron chi connectivity index (χ0n) is 11.0. The molecule has 1 rings (SSSR count). The first-order chi connectivity index (χ1) is 7.14. The Bertz CT molecular complexity index is 352. The van der Waals surface area contributed by atoms with Gasteiger partial charge in [0.25, 0.3) is 0 Å². The van der Waals surface area contributed by atoms with E-state index in [0.29, 0.717) is 0 Å². The molecule has 0 unspecified atom stereocenters. The van der Waals surface area contributed by atoms with Crippen LogP contribution in [0.15, 0.2) is 28.7 Å². The van der Waals surface area contributed by atoms with Crippen LogP contribution in [0.1, 0.15) is 0 Å². The van der Waals surface area contributed by atoms with E-state index in [9.17, 15) is 0 Å². The first-order valence-electron chi connectivity index (χ1n) is 5.05. The Labute approximate surface area is 112 Å². The summed E-state index contributed by atoms with van der Waals surface area (Å²) in [4.78, 5) is 0. The van der Waals surface area contributed by atoms with E-state index >= 15 is 0 Å². The van der Waals surface area contributed by atoms with Crippen LogP contribution in [-0.2, 0) is 0 Å². The lowest BCUT2D eigenvalue weighted by molar-refractivity contribution is 1.51. The highest BCUT2D eigenvalue weighted by Gasteiger charge is 2.26. The zero-order chi connectivity index (χ0) is 12.6. The Hall–Kier alpha value is 0.200. The van der Waals surface area contributed by atoms with Crippen molar-refractivity contribution in [2.45, 2.75) is 0 Å². The molecule has 0 saturated carbocycles. The summed E-state index contributed by atoms with van der Waals surface area (Å²) in [5.41, 5.74) is 1.33. The fourth-order valence-corrected chi connectivity index (χ4v) is 9.42. The van der Waals surface area contributed by atoms with Crippen molar-refractivity contribution in [1.82, 2.24) is 0 Å². The molecule has 0 spiro atoms. The van der Waals surface area contributed by atoms with Crippen LogP contribution in [0.2, 0.25) is 0 Å². The average Bonchev–Trinajstić information content (AvgIpc) is 2.03. The van der Waals surface area contributed by atoms with Gasteiger partial charge >= 0.3 is 0 Å². The number of hydrogen-bond donors (Lipinski definition) is 0.